The van der Waals surface area contributed by atoms with Crippen molar-refractivity contribution in [2.45, 2.75) is 31.1 Å². The number of hydrogen-bond donors (Lipinski definition) is 0. The predicted molar refractivity (Wildman–Crippen MR) is 46.0 cm³/mol. The molecule has 19 heavy (non-hydrogen) atoms. The van der Waals surface area contributed by atoms with Crippen molar-refractivity contribution in [3.05, 3.63) is 11.5 Å². The molecular weight excluding hydrogens is 293 g/mol. The third-order valence-corrected chi connectivity index (χ3v) is 2.53. The molecule has 1 rings (SSSR count). The minimum absolute atomic E-state index is 0.157. The molecule has 0 aromatic heterocycles. The molecule has 1 fully saturated rings. The summed E-state index contributed by atoms with van der Waals surface area (Å²) in [4.78, 5) is 0.162. The van der Waals surface area contributed by atoms with Gasteiger partial charge in [-0.15, -0.1) is 0 Å². The van der Waals surface area contributed by atoms with Crippen molar-refractivity contribution in [2.24, 2.45) is 0 Å². The van der Waals surface area contributed by atoms with Crippen LogP contribution in [0, 0.1) is 0 Å². The Kier molecular flexibility index (Phi) is 4.02. The lowest BCUT2D eigenvalue weighted by Gasteiger charge is -2.27. The fourth-order valence-electron chi connectivity index (χ4n) is 1.66. The van der Waals surface area contributed by atoms with Crippen LogP contribution in [0.1, 0.15) is 12.8 Å². The lowest BCUT2D eigenvalue weighted by atomic mass is 10.2. The van der Waals surface area contributed by atoms with Gasteiger partial charge < -0.3 is 4.90 Å². The monoisotopic (exact) mass is 301 g/mol. The Bertz CT molecular complexity index is 359. The van der Waals surface area contributed by atoms with E-state index in [4.69, 9.17) is 0 Å². The van der Waals surface area contributed by atoms with Crippen molar-refractivity contribution in [2.75, 3.05) is 13.1 Å². The van der Waals surface area contributed by atoms with E-state index in [9.17, 15) is 39.5 Å². The summed E-state index contributed by atoms with van der Waals surface area (Å²) < 4.78 is 112. The zero-order valence-corrected chi connectivity index (χ0v) is 9.18. The van der Waals surface area contributed by atoms with E-state index < -0.39 is 42.9 Å². The first-order valence-corrected chi connectivity index (χ1v) is 5.06. The van der Waals surface area contributed by atoms with E-state index in [1.807, 2.05) is 0 Å². The van der Waals surface area contributed by atoms with Gasteiger partial charge in [-0.1, -0.05) is 0 Å². The summed E-state index contributed by atoms with van der Waals surface area (Å²) in [6.07, 6.45) is -11.7. The fraction of sp³-hybridized carbons (Fsp3) is 0.778. The molecule has 0 saturated carbocycles. The molecule has 1 saturated heterocycles. The van der Waals surface area contributed by atoms with Gasteiger partial charge in [0.25, 0.3) is 0 Å². The van der Waals surface area contributed by atoms with E-state index in [0.29, 0.717) is 0 Å². The van der Waals surface area contributed by atoms with Crippen LogP contribution < -0.4 is 0 Å². The Morgan fingerprint density at radius 2 is 1.21 bits per heavy atom. The van der Waals surface area contributed by atoms with Crippen molar-refractivity contribution < 1.29 is 39.5 Å². The SMILES string of the molecule is FC(=C(N1CCCC1)C(F)(F)F)C(F)(F)C(F)(F)F. The second kappa shape index (κ2) is 4.78. The summed E-state index contributed by atoms with van der Waals surface area (Å²) >= 11 is 0. The number of rotatable bonds is 2. The molecule has 1 heterocycles. The fourth-order valence-corrected chi connectivity index (χ4v) is 1.66. The maximum absolute atomic E-state index is 13.1. The summed E-state index contributed by atoms with van der Waals surface area (Å²) in [5.74, 6) is -9.67. The minimum atomic E-state index is -6.42. The van der Waals surface area contributed by atoms with Gasteiger partial charge in [0.2, 0.25) is 5.83 Å². The molecule has 0 radical (unpaired) electrons. The molecule has 1 nitrogen and oxygen atoms in total. The number of likely N-dealkylation sites (tertiary alicyclic amines) is 1. The largest absolute Gasteiger partial charge is 0.460 e. The quantitative estimate of drug-likeness (QED) is 0.696. The topological polar surface area (TPSA) is 3.24 Å². The highest BCUT2D eigenvalue weighted by Gasteiger charge is 2.64. The standard InChI is InChI=1S/C9H8F9N/c10-5(7(11,12)9(16,17)18)6(8(13,14)15)19-3-1-2-4-19/h1-4H2. The van der Waals surface area contributed by atoms with Crippen LogP contribution in [0.25, 0.3) is 0 Å². The van der Waals surface area contributed by atoms with Crippen molar-refractivity contribution in [1.82, 2.24) is 4.90 Å². The van der Waals surface area contributed by atoms with Crippen molar-refractivity contribution in [1.29, 1.82) is 0 Å². The second-order valence-electron chi connectivity index (χ2n) is 3.93. The lowest BCUT2D eigenvalue weighted by Crippen LogP contribution is -2.41. The Labute approximate surface area is 101 Å². The van der Waals surface area contributed by atoms with Crippen LogP contribution in [0.2, 0.25) is 0 Å². The van der Waals surface area contributed by atoms with Crippen LogP contribution in [-0.2, 0) is 0 Å². The van der Waals surface area contributed by atoms with Crippen LogP contribution in [-0.4, -0.2) is 36.3 Å². The van der Waals surface area contributed by atoms with Gasteiger partial charge in [-0.05, 0) is 12.8 Å². The molecular formula is C9H8F9N. The number of alkyl halides is 8. The third kappa shape index (κ3) is 3.08. The minimum Gasteiger partial charge on any atom is -0.365 e. The van der Waals surface area contributed by atoms with Crippen LogP contribution in [0.15, 0.2) is 11.5 Å². The Hall–Kier alpha value is -1.09. The molecule has 0 amide bonds. The summed E-state index contributed by atoms with van der Waals surface area (Å²) in [5, 5.41) is 0. The average molecular weight is 301 g/mol. The van der Waals surface area contributed by atoms with Crippen molar-refractivity contribution in [3.8, 4) is 0 Å². The molecule has 112 valence electrons. The molecule has 1 aliphatic heterocycles. The molecule has 0 N–H and O–H groups in total. The molecule has 0 aliphatic carbocycles. The summed E-state index contributed by atoms with van der Waals surface area (Å²) in [5.41, 5.74) is -2.55. The first-order valence-electron chi connectivity index (χ1n) is 5.06. The normalized spacial score (nSPS) is 19.7. The highest BCUT2D eigenvalue weighted by Crippen LogP contribution is 2.46. The molecule has 0 aromatic rings. The molecule has 10 heteroatoms. The van der Waals surface area contributed by atoms with Crippen LogP contribution in [0.4, 0.5) is 39.5 Å². The smallest absolute Gasteiger partial charge is 0.365 e. The Morgan fingerprint density at radius 3 is 1.53 bits per heavy atom. The van der Waals surface area contributed by atoms with E-state index in [1.165, 1.54) is 0 Å². The molecule has 0 aromatic carbocycles. The first kappa shape index (κ1) is 16.0. The Balaban J connectivity index is 3.32. The van der Waals surface area contributed by atoms with E-state index in [2.05, 4.69) is 0 Å². The highest BCUT2D eigenvalue weighted by atomic mass is 19.4. The van der Waals surface area contributed by atoms with E-state index in [-0.39, 0.29) is 17.7 Å². The molecule has 0 unspecified atom stereocenters. The number of nitrogens with zero attached hydrogens (tertiary/aromatic N) is 1. The summed E-state index contributed by atoms with van der Waals surface area (Å²) in [6, 6.07) is 0. The predicted octanol–water partition coefficient (Wildman–Crippen LogP) is 4.02. The molecule has 0 spiro atoms. The zero-order valence-electron chi connectivity index (χ0n) is 9.18. The van der Waals surface area contributed by atoms with Gasteiger partial charge in [-0.3, -0.25) is 0 Å². The van der Waals surface area contributed by atoms with Crippen LogP contribution in [0.5, 0.6) is 0 Å². The second-order valence-corrected chi connectivity index (χ2v) is 3.93. The van der Waals surface area contributed by atoms with Crippen molar-refractivity contribution in [3.63, 3.8) is 0 Å². The maximum atomic E-state index is 13.1. The summed E-state index contributed by atoms with van der Waals surface area (Å²) in [7, 11) is 0. The highest BCUT2D eigenvalue weighted by molar-refractivity contribution is 5.21. The van der Waals surface area contributed by atoms with Gasteiger partial charge in [0, 0.05) is 13.1 Å². The number of hydrogen-bond acceptors (Lipinski definition) is 1. The van der Waals surface area contributed by atoms with Crippen molar-refractivity contribution >= 4 is 0 Å². The Morgan fingerprint density at radius 1 is 0.789 bits per heavy atom. The van der Waals surface area contributed by atoms with Gasteiger partial charge in [-0.25, -0.2) is 4.39 Å². The van der Waals surface area contributed by atoms with Gasteiger partial charge in [0.1, 0.15) is 0 Å². The van der Waals surface area contributed by atoms with Gasteiger partial charge in [0.15, 0.2) is 5.70 Å². The maximum Gasteiger partial charge on any atom is 0.460 e. The van der Waals surface area contributed by atoms with Crippen LogP contribution >= 0.6 is 0 Å². The van der Waals surface area contributed by atoms with Crippen LogP contribution in [0.3, 0.4) is 0 Å². The molecule has 1 aliphatic rings. The van der Waals surface area contributed by atoms with E-state index in [0.717, 1.165) is 0 Å². The average Bonchev–Trinajstić information content (AvgIpc) is 2.66. The summed E-state index contributed by atoms with van der Waals surface area (Å²) in [6.45, 7) is -0.841. The number of allylic oxidation sites excluding steroid dienone is 2. The third-order valence-electron chi connectivity index (χ3n) is 2.53. The van der Waals surface area contributed by atoms with E-state index in [1.54, 1.807) is 0 Å². The molecule has 0 bridgehead atoms. The molecule has 0 atom stereocenters. The first-order chi connectivity index (χ1) is 8.39. The van der Waals surface area contributed by atoms with Gasteiger partial charge in [0.05, 0.1) is 0 Å². The lowest BCUT2D eigenvalue weighted by molar-refractivity contribution is -0.272. The zero-order chi connectivity index (χ0) is 15.1. The van der Waals surface area contributed by atoms with E-state index >= 15 is 0 Å². The van der Waals surface area contributed by atoms with Gasteiger partial charge in [-0.2, -0.15) is 35.1 Å². The van der Waals surface area contributed by atoms with Gasteiger partial charge >= 0.3 is 18.3 Å². The number of halogens is 9.